The predicted octanol–water partition coefficient (Wildman–Crippen LogP) is 4.30. The zero-order valence-electron chi connectivity index (χ0n) is 16.7. The lowest BCUT2D eigenvalue weighted by Crippen LogP contribution is -2.45. The summed E-state index contributed by atoms with van der Waals surface area (Å²) in [5.41, 5.74) is 1.83. The maximum Gasteiger partial charge on any atom is 0.227 e. The van der Waals surface area contributed by atoms with E-state index in [4.69, 9.17) is 12.2 Å². The Kier molecular flexibility index (Phi) is 5.91. The highest BCUT2D eigenvalue weighted by atomic mass is 32.1. The highest BCUT2D eigenvalue weighted by Gasteiger charge is 2.30. The summed E-state index contributed by atoms with van der Waals surface area (Å²) in [4.78, 5) is 26.2. The topological polar surface area (TPSA) is 54.3 Å². The molecule has 2 aromatic heterocycles. The lowest BCUT2D eigenvalue weighted by molar-refractivity contribution is -0.135. The second-order valence-corrected chi connectivity index (χ2v) is 8.83. The van der Waals surface area contributed by atoms with Gasteiger partial charge in [0.15, 0.2) is 15.4 Å². The number of carbonyl (C=O) groups is 1. The van der Waals surface area contributed by atoms with Gasteiger partial charge in [0.2, 0.25) is 5.91 Å². The molecule has 1 unspecified atom stereocenters. The van der Waals surface area contributed by atoms with E-state index in [0.717, 1.165) is 58.3 Å². The van der Waals surface area contributed by atoms with Crippen LogP contribution in [-0.2, 0) is 4.79 Å². The maximum atomic E-state index is 12.9. The molecular weight excluding hydrogens is 402 g/mol. The van der Waals surface area contributed by atoms with Crippen LogP contribution >= 0.6 is 23.6 Å². The van der Waals surface area contributed by atoms with Crippen LogP contribution in [0.4, 0.5) is 5.82 Å². The van der Waals surface area contributed by atoms with Crippen molar-refractivity contribution in [2.45, 2.75) is 26.7 Å². The SMILES string of the molecule is CCN(CC)C(=O)C1CCCN(c2ncnc3c2sc(=S)n3-c2ccccc2)C1. The summed E-state index contributed by atoms with van der Waals surface area (Å²) in [5, 5.41) is 0. The predicted molar refractivity (Wildman–Crippen MR) is 120 cm³/mol. The van der Waals surface area contributed by atoms with E-state index in [0.29, 0.717) is 6.54 Å². The van der Waals surface area contributed by atoms with Crippen LogP contribution in [0, 0.1) is 9.87 Å². The molecule has 152 valence electrons. The summed E-state index contributed by atoms with van der Waals surface area (Å²) in [5.74, 6) is 1.15. The molecule has 1 fully saturated rings. The van der Waals surface area contributed by atoms with Gasteiger partial charge in [0, 0.05) is 31.9 Å². The van der Waals surface area contributed by atoms with Gasteiger partial charge in [0.05, 0.1) is 5.92 Å². The van der Waals surface area contributed by atoms with Crippen LogP contribution in [0.2, 0.25) is 0 Å². The third-order valence-electron chi connectivity index (χ3n) is 5.51. The molecular formula is C21H25N5OS2. The van der Waals surface area contributed by atoms with Crippen molar-refractivity contribution < 1.29 is 4.79 Å². The van der Waals surface area contributed by atoms with Crippen molar-refractivity contribution >= 4 is 45.6 Å². The molecule has 0 spiro atoms. The maximum absolute atomic E-state index is 12.9. The second kappa shape index (κ2) is 8.59. The summed E-state index contributed by atoms with van der Waals surface area (Å²) < 4.78 is 3.74. The summed E-state index contributed by atoms with van der Waals surface area (Å²) in [6, 6.07) is 10.0. The number of nitrogens with zero attached hydrogens (tertiary/aromatic N) is 5. The first-order valence-corrected chi connectivity index (χ1v) is 11.3. The molecule has 0 aliphatic carbocycles. The van der Waals surface area contributed by atoms with Gasteiger partial charge in [0.1, 0.15) is 11.0 Å². The molecule has 0 saturated carbocycles. The van der Waals surface area contributed by atoms with E-state index in [9.17, 15) is 4.79 Å². The first kappa shape index (κ1) is 20.0. The van der Waals surface area contributed by atoms with Crippen LogP contribution < -0.4 is 4.90 Å². The smallest absolute Gasteiger partial charge is 0.227 e. The Morgan fingerprint density at radius 3 is 2.72 bits per heavy atom. The summed E-state index contributed by atoms with van der Waals surface area (Å²) in [6.07, 6.45) is 3.52. The Labute approximate surface area is 179 Å². The van der Waals surface area contributed by atoms with Crippen molar-refractivity contribution in [1.82, 2.24) is 19.4 Å². The van der Waals surface area contributed by atoms with Gasteiger partial charge in [-0.3, -0.25) is 9.36 Å². The number of hydrogen-bond donors (Lipinski definition) is 0. The van der Waals surface area contributed by atoms with E-state index in [1.54, 1.807) is 6.33 Å². The van der Waals surface area contributed by atoms with Gasteiger partial charge < -0.3 is 9.80 Å². The molecule has 1 aliphatic rings. The number of aromatic nitrogens is 3. The molecule has 0 N–H and O–H groups in total. The second-order valence-electron chi connectivity index (χ2n) is 7.18. The Bertz CT molecular complexity index is 1060. The fourth-order valence-electron chi connectivity index (χ4n) is 4.02. The summed E-state index contributed by atoms with van der Waals surface area (Å²) >= 11 is 7.20. The molecule has 29 heavy (non-hydrogen) atoms. The average molecular weight is 428 g/mol. The minimum Gasteiger partial charge on any atom is -0.354 e. The van der Waals surface area contributed by atoms with Gasteiger partial charge in [0.25, 0.3) is 0 Å². The number of piperidine rings is 1. The van der Waals surface area contributed by atoms with Crippen molar-refractivity contribution in [3.8, 4) is 5.69 Å². The molecule has 0 bridgehead atoms. The normalized spacial score (nSPS) is 16.9. The molecule has 8 heteroatoms. The summed E-state index contributed by atoms with van der Waals surface area (Å²) in [6.45, 7) is 7.17. The molecule has 4 rings (SSSR count). The first-order valence-electron chi connectivity index (χ1n) is 10.1. The quantitative estimate of drug-likeness (QED) is 0.569. The van der Waals surface area contributed by atoms with Crippen LogP contribution in [0.15, 0.2) is 36.7 Å². The summed E-state index contributed by atoms with van der Waals surface area (Å²) in [7, 11) is 0. The van der Waals surface area contributed by atoms with E-state index in [1.165, 1.54) is 11.3 Å². The minimum atomic E-state index is 0.0119. The number of fused-ring (bicyclic) bond motifs is 1. The zero-order chi connectivity index (χ0) is 20.4. The number of rotatable bonds is 5. The van der Waals surface area contributed by atoms with Crippen molar-refractivity contribution in [2.24, 2.45) is 5.92 Å². The standard InChI is InChI=1S/C21H25N5OS2/c1-3-24(4-2)20(27)15-9-8-12-25(13-15)18-17-19(23-14-22-18)26(21(28)29-17)16-10-6-5-7-11-16/h5-7,10-11,14-15H,3-4,8-9,12-13H2,1-2H3. The Balaban J connectivity index is 1.70. The Morgan fingerprint density at radius 2 is 2.00 bits per heavy atom. The molecule has 3 aromatic rings. The van der Waals surface area contributed by atoms with Crippen LogP contribution in [0.5, 0.6) is 0 Å². The molecule has 6 nitrogen and oxygen atoms in total. The lowest BCUT2D eigenvalue weighted by Gasteiger charge is -2.35. The zero-order valence-corrected chi connectivity index (χ0v) is 18.4. The molecule has 1 saturated heterocycles. The Morgan fingerprint density at radius 1 is 1.24 bits per heavy atom. The van der Waals surface area contributed by atoms with Gasteiger partial charge in [-0.2, -0.15) is 0 Å². The molecule has 3 heterocycles. The third kappa shape index (κ3) is 3.79. The van der Waals surface area contributed by atoms with Gasteiger partial charge in [-0.05, 0) is 51.0 Å². The molecule has 1 aromatic carbocycles. The van der Waals surface area contributed by atoms with Crippen molar-refractivity contribution in [3.63, 3.8) is 0 Å². The molecule has 1 aliphatic heterocycles. The van der Waals surface area contributed by atoms with Gasteiger partial charge in [-0.1, -0.05) is 29.5 Å². The van der Waals surface area contributed by atoms with Crippen LogP contribution in [-0.4, -0.2) is 51.5 Å². The van der Waals surface area contributed by atoms with Gasteiger partial charge >= 0.3 is 0 Å². The number of thiazole rings is 1. The molecule has 1 amide bonds. The van der Waals surface area contributed by atoms with Gasteiger partial charge in [-0.15, -0.1) is 0 Å². The number of amides is 1. The van der Waals surface area contributed by atoms with Crippen molar-refractivity contribution in [1.29, 1.82) is 0 Å². The largest absolute Gasteiger partial charge is 0.354 e. The fraction of sp³-hybridized carbons (Fsp3) is 0.429. The first-order chi connectivity index (χ1) is 14.1. The van der Waals surface area contributed by atoms with E-state index in [2.05, 4.69) is 14.9 Å². The monoisotopic (exact) mass is 427 g/mol. The third-order valence-corrected chi connectivity index (χ3v) is 6.87. The number of hydrogen-bond acceptors (Lipinski definition) is 6. The van der Waals surface area contributed by atoms with Gasteiger partial charge in [-0.25, -0.2) is 9.97 Å². The Hall–Kier alpha value is -2.32. The highest BCUT2D eigenvalue weighted by molar-refractivity contribution is 7.73. The van der Waals surface area contributed by atoms with E-state index >= 15 is 0 Å². The highest BCUT2D eigenvalue weighted by Crippen LogP contribution is 2.33. The fourth-order valence-corrected chi connectivity index (χ4v) is 5.43. The number of anilines is 1. The van der Waals surface area contributed by atoms with Crippen LogP contribution in [0.3, 0.4) is 0 Å². The number of para-hydroxylation sites is 1. The van der Waals surface area contributed by atoms with Crippen molar-refractivity contribution in [2.75, 3.05) is 31.1 Å². The molecule has 0 radical (unpaired) electrons. The van der Waals surface area contributed by atoms with E-state index in [1.807, 2.05) is 53.6 Å². The molecule has 1 atom stereocenters. The lowest BCUT2D eigenvalue weighted by atomic mass is 9.96. The van der Waals surface area contributed by atoms with Crippen LogP contribution in [0.25, 0.3) is 16.0 Å². The van der Waals surface area contributed by atoms with Crippen molar-refractivity contribution in [3.05, 3.63) is 40.6 Å². The van der Waals surface area contributed by atoms with Crippen LogP contribution in [0.1, 0.15) is 26.7 Å². The van der Waals surface area contributed by atoms with E-state index in [-0.39, 0.29) is 11.8 Å². The average Bonchev–Trinajstić information content (AvgIpc) is 3.11. The van der Waals surface area contributed by atoms with E-state index < -0.39 is 0 Å². The number of benzene rings is 1. The number of carbonyl (C=O) groups excluding carboxylic acids is 1. The minimum absolute atomic E-state index is 0.0119.